The van der Waals surface area contributed by atoms with Gasteiger partial charge >= 0.3 is 0 Å². The van der Waals surface area contributed by atoms with Crippen LogP contribution in [0, 0.1) is 6.92 Å². The average Bonchev–Trinajstić information content (AvgIpc) is 3.18. The molecule has 2 aromatic carbocycles. The first-order chi connectivity index (χ1) is 12.7. The number of carbonyl (C=O) groups excluding carboxylic acids is 1. The van der Waals surface area contributed by atoms with Crippen LogP contribution in [0.3, 0.4) is 0 Å². The third-order valence-electron chi connectivity index (χ3n) is 4.90. The molecule has 0 saturated heterocycles. The van der Waals surface area contributed by atoms with Crippen LogP contribution in [0.1, 0.15) is 40.5 Å². The van der Waals surface area contributed by atoms with Crippen LogP contribution in [0.25, 0.3) is 11.3 Å². The minimum Gasteiger partial charge on any atom is -0.382 e. The summed E-state index contributed by atoms with van der Waals surface area (Å²) in [6.07, 6.45) is 3.57. The Morgan fingerprint density at radius 3 is 2.58 bits per heavy atom. The van der Waals surface area contributed by atoms with Gasteiger partial charge in [0.2, 0.25) is 0 Å². The van der Waals surface area contributed by atoms with Gasteiger partial charge in [-0.25, -0.2) is 0 Å². The quantitative estimate of drug-likeness (QED) is 0.642. The molecule has 1 aromatic heterocycles. The van der Waals surface area contributed by atoms with Crippen molar-refractivity contribution < 1.29 is 4.79 Å². The highest BCUT2D eigenvalue weighted by Gasteiger charge is 2.21. The first kappa shape index (κ1) is 16.4. The zero-order valence-corrected chi connectivity index (χ0v) is 14.8. The van der Waals surface area contributed by atoms with Crippen molar-refractivity contribution in [3.63, 3.8) is 0 Å². The van der Waals surface area contributed by atoms with Gasteiger partial charge in [0.1, 0.15) is 0 Å². The Morgan fingerprint density at radius 1 is 1.00 bits per heavy atom. The van der Waals surface area contributed by atoms with Gasteiger partial charge in [-0.15, -0.1) is 0 Å². The molecular formula is C23H22N2O. The molecule has 0 radical (unpaired) electrons. The lowest BCUT2D eigenvalue weighted by Gasteiger charge is -2.23. The van der Waals surface area contributed by atoms with E-state index >= 15 is 0 Å². The summed E-state index contributed by atoms with van der Waals surface area (Å²) in [5, 5.41) is 3.40. The van der Waals surface area contributed by atoms with Gasteiger partial charge in [-0.3, -0.25) is 4.79 Å². The number of hydrogen-bond acceptors (Lipinski definition) is 2. The van der Waals surface area contributed by atoms with Gasteiger partial charge in [-0.1, -0.05) is 54.1 Å². The van der Waals surface area contributed by atoms with Crippen molar-refractivity contribution in [2.24, 2.45) is 0 Å². The number of carbonyl (C=O) groups is 1. The molecule has 3 heteroatoms. The number of aryl methyl sites for hydroxylation is 1. The predicted molar refractivity (Wildman–Crippen MR) is 105 cm³/mol. The zero-order valence-electron chi connectivity index (χ0n) is 14.8. The summed E-state index contributed by atoms with van der Waals surface area (Å²) < 4.78 is 0. The van der Waals surface area contributed by atoms with Crippen LogP contribution in [-0.2, 0) is 0 Å². The molecule has 1 atom stereocenters. The van der Waals surface area contributed by atoms with Crippen molar-refractivity contribution in [2.45, 2.75) is 25.8 Å². The average molecular weight is 342 g/mol. The van der Waals surface area contributed by atoms with E-state index < -0.39 is 0 Å². The molecule has 0 spiro atoms. The Balaban J connectivity index is 1.48. The number of allylic oxidation sites excluding steroid dienone is 1. The fourth-order valence-corrected chi connectivity index (χ4v) is 3.45. The third kappa shape index (κ3) is 3.33. The Kier molecular flexibility index (Phi) is 4.44. The van der Waals surface area contributed by atoms with Crippen LogP contribution in [-0.4, -0.2) is 10.8 Å². The standard InChI is InChI=1S/C23H22N2O/c1-16-6-5-9-18(14-16)20-12-13-22(25-20)21-11-10-19(15-24-21)23(26)17-7-3-2-4-8-17/h2-9,12-15,21,24-25H,10-11H2,1H3/t21-/m1/s1. The molecule has 26 heavy (non-hydrogen) atoms. The monoisotopic (exact) mass is 342 g/mol. The molecule has 0 aliphatic carbocycles. The van der Waals surface area contributed by atoms with Gasteiger partial charge in [0.05, 0.1) is 6.04 Å². The highest BCUT2D eigenvalue weighted by atomic mass is 16.1. The Hall–Kier alpha value is -3.07. The Labute approximate surface area is 153 Å². The normalized spacial score (nSPS) is 16.7. The Morgan fingerprint density at radius 2 is 1.85 bits per heavy atom. The highest BCUT2D eigenvalue weighted by Crippen LogP contribution is 2.28. The molecule has 4 rings (SSSR count). The fourth-order valence-electron chi connectivity index (χ4n) is 3.45. The molecule has 2 N–H and O–H groups in total. The third-order valence-corrected chi connectivity index (χ3v) is 4.90. The number of Topliss-reactive ketones (excluding diaryl/α,β-unsaturated/α-hetero) is 1. The SMILES string of the molecule is Cc1cccc(-c2ccc([C@H]3CCC(C(=O)c4ccccc4)=CN3)[nH]2)c1. The van der Waals surface area contributed by atoms with Crippen LogP contribution >= 0.6 is 0 Å². The molecule has 0 bridgehead atoms. The molecule has 0 amide bonds. The van der Waals surface area contributed by atoms with E-state index in [2.05, 4.69) is 53.6 Å². The molecule has 0 unspecified atom stereocenters. The minimum absolute atomic E-state index is 0.114. The summed E-state index contributed by atoms with van der Waals surface area (Å²) in [7, 11) is 0. The smallest absolute Gasteiger partial charge is 0.190 e. The number of H-pyrrole nitrogens is 1. The van der Waals surface area contributed by atoms with Crippen molar-refractivity contribution in [1.82, 2.24) is 10.3 Å². The first-order valence-electron chi connectivity index (χ1n) is 9.01. The molecule has 0 saturated carbocycles. The van der Waals surface area contributed by atoms with E-state index in [1.807, 2.05) is 36.5 Å². The van der Waals surface area contributed by atoms with Crippen LogP contribution < -0.4 is 5.32 Å². The van der Waals surface area contributed by atoms with Crippen molar-refractivity contribution in [3.8, 4) is 11.3 Å². The van der Waals surface area contributed by atoms with E-state index in [1.54, 1.807) is 0 Å². The van der Waals surface area contributed by atoms with Gasteiger partial charge in [0.25, 0.3) is 0 Å². The highest BCUT2D eigenvalue weighted by molar-refractivity contribution is 6.08. The molecule has 1 aliphatic heterocycles. The van der Waals surface area contributed by atoms with Crippen LogP contribution in [0.15, 0.2) is 78.5 Å². The van der Waals surface area contributed by atoms with Gasteiger partial charge in [0.15, 0.2) is 5.78 Å². The zero-order chi connectivity index (χ0) is 17.9. The lowest BCUT2D eigenvalue weighted by atomic mass is 9.94. The number of benzene rings is 2. The summed E-state index contributed by atoms with van der Waals surface area (Å²) in [6, 6.07) is 22.4. The maximum Gasteiger partial charge on any atom is 0.190 e. The van der Waals surface area contributed by atoms with Gasteiger partial charge < -0.3 is 10.3 Å². The van der Waals surface area contributed by atoms with Gasteiger partial charge in [0, 0.05) is 28.7 Å². The van der Waals surface area contributed by atoms with Crippen LogP contribution in [0.2, 0.25) is 0 Å². The minimum atomic E-state index is 0.114. The summed E-state index contributed by atoms with van der Waals surface area (Å²) in [6.45, 7) is 2.10. The second-order valence-corrected chi connectivity index (χ2v) is 6.82. The van der Waals surface area contributed by atoms with Crippen molar-refractivity contribution in [2.75, 3.05) is 0 Å². The summed E-state index contributed by atoms with van der Waals surface area (Å²) >= 11 is 0. The maximum absolute atomic E-state index is 12.5. The predicted octanol–water partition coefficient (Wildman–Crippen LogP) is 5.18. The number of rotatable bonds is 4. The second-order valence-electron chi connectivity index (χ2n) is 6.82. The van der Waals surface area contributed by atoms with Crippen molar-refractivity contribution in [1.29, 1.82) is 0 Å². The molecule has 1 aliphatic rings. The largest absolute Gasteiger partial charge is 0.382 e. The Bertz CT molecular complexity index is 953. The van der Waals surface area contributed by atoms with Crippen molar-refractivity contribution in [3.05, 3.63) is 95.3 Å². The molecule has 2 heterocycles. The van der Waals surface area contributed by atoms with E-state index in [0.717, 1.165) is 35.4 Å². The van der Waals surface area contributed by atoms with Gasteiger partial charge in [-0.05, 0) is 43.5 Å². The van der Waals surface area contributed by atoms with Crippen LogP contribution in [0.5, 0.6) is 0 Å². The lowest BCUT2D eigenvalue weighted by Crippen LogP contribution is -2.23. The number of aromatic amines is 1. The number of hydrogen-bond donors (Lipinski definition) is 2. The summed E-state index contributed by atoms with van der Waals surface area (Å²) in [5.74, 6) is 0.114. The van der Waals surface area contributed by atoms with Crippen LogP contribution in [0.4, 0.5) is 0 Å². The van der Waals surface area contributed by atoms with E-state index in [9.17, 15) is 4.79 Å². The van der Waals surface area contributed by atoms with E-state index in [-0.39, 0.29) is 11.8 Å². The molecule has 3 nitrogen and oxygen atoms in total. The van der Waals surface area contributed by atoms with Gasteiger partial charge in [-0.2, -0.15) is 0 Å². The van der Waals surface area contributed by atoms with Crippen molar-refractivity contribution >= 4 is 5.78 Å². The fraction of sp³-hybridized carbons (Fsp3) is 0.174. The number of aromatic nitrogens is 1. The first-order valence-corrected chi connectivity index (χ1v) is 9.01. The van der Waals surface area contributed by atoms with E-state index in [0.29, 0.717) is 0 Å². The molecule has 0 fully saturated rings. The lowest BCUT2D eigenvalue weighted by molar-refractivity contribution is 0.102. The topological polar surface area (TPSA) is 44.9 Å². The molecule has 130 valence electrons. The molecule has 3 aromatic rings. The summed E-state index contributed by atoms with van der Waals surface area (Å²) in [5.41, 5.74) is 6.33. The van der Waals surface area contributed by atoms with E-state index in [1.165, 1.54) is 11.1 Å². The summed E-state index contributed by atoms with van der Waals surface area (Å²) in [4.78, 5) is 16.1. The second kappa shape index (κ2) is 7.04. The number of nitrogens with one attached hydrogen (secondary N) is 2. The maximum atomic E-state index is 12.5. The van der Waals surface area contributed by atoms with E-state index in [4.69, 9.17) is 0 Å². The molecular weight excluding hydrogens is 320 g/mol. The number of ketones is 1.